The van der Waals surface area contributed by atoms with Gasteiger partial charge in [0, 0.05) is 13.6 Å². The second-order valence-electron chi connectivity index (χ2n) is 5.34. The molecule has 0 aliphatic carbocycles. The fraction of sp³-hybridized carbons (Fsp3) is 0.467. The van der Waals surface area contributed by atoms with Crippen LogP contribution in [-0.4, -0.2) is 36.9 Å². The van der Waals surface area contributed by atoms with E-state index in [1.807, 2.05) is 13.8 Å². The van der Waals surface area contributed by atoms with E-state index in [0.717, 1.165) is 5.56 Å². The third-order valence-corrected chi connectivity index (χ3v) is 2.79. The molecule has 2 amide bonds. The molecular weight excluding hydrogens is 259 g/mol. The number of benzene rings is 1. The number of halogens is 1. The van der Waals surface area contributed by atoms with Crippen LogP contribution in [0.3, 0.4) is 0 Å². The number of carbonyl (C=O) groups excluding carboxylic acids is 2. The number of hydrogen-bond donors (Lipinski definition) is 1. The van der Waals surface area contributed by atoms with Crippen molar-refractivity contribution in [2.45, 2.75) is 20.8 Å². The Morgan fingerprint density at radius 3 is 2.55 bits per heavy atom. The van der Waals surface area contributed by atoms with Gasteiger partial charge in [-0.25, -0.2) is 4.39 Å². The van der Waals surface area contributed by atoms with Crippen molar-refractivity contribution in [3.8, 4) is 0 Å². The van der Waals surface area contributed by atoms with Crippen molar-refractivity contribution in [3.05, 3.63) is 35.1 Å². The number of aryl methyl sites for hydroxylation is 1. The summed E-state index contributed by atoms with van der Waals surface area (Å²) in [6.45, 7) is 6.19. The molecule has 0 atom stereocenters. The second kappa shape index (κ2) is 7.03. The molecule has 0 aliphatic rings. The summed E-state index contributed by atoms with van der Waals surface area (Å²) in [6, 6.07) is 4.42. The first-order chi connectivity index (χ1) is 9.31. The van der Waals surface area contributed by atoms with E-state index >= 15 is 0 Å². The van der Waals surface area contributed by atoms with Crippen molar-refractivity contribution in [2.24, 2.45) is 5.92 Å². The maximum atomic E-state index is 13.7. The Bertz CT molecular complexity index is 501. The van der Waals surface area contributed by atoms with Gasteiger partial charge in [-0.05, 0) is 30.5 Å². The lowest BCUT2D eigenvalue weighted by Crippen LogP contribution is -2.39. The number of rotatable bonds is 5. The SMILES string of the molecule is Cc1ccc(C(=O)N(C)CC(=O)NCC(C)C)c(F)c1. The van der Waals surface area contributed by atoms with Crippen LogP contribution in [-0.2, 0) is 4.79 Å². The van der Waals surface area contributed by atoms with E-state index in [9.17, 15) is 14.0 Å². The van der Waals surface area contributed by atoms with Gasteiger partial charge in [-0.3, -0.25) is 9.59 Å². The summed E-state index contributed by atoms with van der Waals surface area (Å²) in [5.74, 6) is -0.969. The molecule has 4 nitrogen and oxygen atoms in total. The first kappa shape index (κ1) is 16.1. The molecule has 0 radical (unpaired) electrons. The van der Waals surface area contributed by atoms with Gasteiger partial charge in [0.1, 0.15) is 5.82 Å². The number of likely N-dealkylation sites (N-methyl/N-ethyl adjacent to an activating group) is 1. The quantitative estimate of drug-likeness (QED) is 0.896. The molecule has 0 heterocycles. The van der Waals surface area contributed by atoms with Gasteiger partial charge >= 0.3 is 0 Å². The lowest BCUT2D eigenvalue weighted by atomic mass is 10.1. The zero-order chi connectivity index (χ0) is 15.3. The molecule has 0 unspecified atom stereocenters. The Kier molecular flexibility index (Phi) is 5.67. The average molecular weight is 280 g/mol. The molecule has 1 rings (SSSR count). The van der Waals surface area contributed by atoms with Crippen LogP contribution in [0.2, 0.25) is 0 Å². The minimum absolute atomic E-state index is 0.0187. The fourth-order valence-corrected chi connectivity index (χ4v) is 1.66. The standard InChI is InChI=1S/C15H21FN2O2/c1-10(2)8-17-14(19)9-18(4)15(20)12-6-5-11(3)7-13(12)16/h5-7,10H,8-9H2,1-4H3,(H,17,19). The van der Waals surface area contributed by atoms with E-state index in [1.54, 1.807) is 13.0 Å². The summed E-state index contributed by atoms with van der Waals surface area (Å²) >= 11 is 0. The maximum Gasteiger partial charge on any atom is 0.257 e. The smallest absolute Gasteiger partial charge is 0.257 e. The van der Waals surface area contributed by atoms with Gasteiger partial charge < -0.3 is 10.2 Å². The Morgan fingerprint density at radius 2 is 2.00 bits per heavy atom. The van der Waals surface area contributed by atoms with Gasteiger partial charge in [0.25, 0.3) is 5.91 Å². The minimum Gasteiger partial charge on any atom is -0.354 e. The van der Waals surface area contributed by atoms with Gasteiger partial charge in [-0.15, -0.1) is 0 Å². The topological polar surface area (TPSA) is 49.4 Å². The lowest BCUT2D eigenvalue weighted by molar-refractivity contribution is -0.121. The van der Waals surface area contributed by atoms with Crippen molar-refractivity contribution >= 4 is 11.8 Å². The highest BCUT2D eigenvalue weighted by molar-refractivity contribution is 5.96. The number of nitrogens with zero attached hydrogens (tertiary/aromatic N) is 1. The molecule has 1 aromatic carbocycles. The number of nitrogens with one attached hydrogen (secondary N) is 1. The minimum atomic E-state index is -0.565. The summed E-state index contributed by atoms with van der Waals surface area (Å²) in [5, 5.41) is 2.72. The Hall–Kier alpha value is -1.91. The molecule has 1 N–H and O–H groups in total. The molecule has 0 saturated heterocycles. The molecule has 5 heteroatoms. The van der Waals surface area contributed by atoms with Crippen LogP contribution in [0.5, 0.6) is 0 Å². The van der Waals surface area contributed by atoms with Crippen LogP contribution in [0.1, 0.15) is 29.8 Å². The third kappa shape index (κ3) is 4.64. The van der Waals surface area contributed by atoms with Crippen molar-refractivity contribution < 1.29 is 14.0 Å². The number of carbonyl (C=O) groups is 2. The molecule has 0 aromatic heterocycles. The van der Waals surface area contributed by atoms with Gasteiger partial charge in [-0.2, -0.15) is 0 Å². The molecule has 20 heavy (non-hydrogen) atoms. The Morgan fingerprint density at radius 1 is 1.35 bits per heavy atom. The van der Waals surface area contributed by atoms with Crippen molar-refractivity contribution in [1.29, 1.82) is 0 Å². The third-order valence-electron chi connectivity index (χ3n) is 2.79. The summed E-state index contributed by atoms with van der Waals surface area (Å²) < 4.78 is 13.7. The predicted molar refractivity (Wildman–Crippen MR) is 75.9 cm³/mol. The monoisotopic (exact) mass is 280 g/mol. The van der Waals surface area contributed by atoms with E-state index in [0.29, 0.717) is 12.5 Å². The molecule has 0 fully saturated rings. The van der Waals surface area contributed by atoms with Crippen LogP contribution in [0.15, 0.2) is 18.2 Å². The average Bonchev–Trinajstić information content (AvgIpc) is 2.35. The Labute approximate surface area is 119 Å². The highest BCUT2D eigenvalue weighted by Gasteiger charge is 2.18. The summed E-state index contributed by atoms with van der Waals surface area (Å²) in [7, 11) is 1.48. The van der Waals surface area contributed by atoms with E-state index in [2.05, 4.69) is 5.32 Å². The van der Waals surface area contributed by atoms with Gasteiger partial charge in [0.2, 0.25) is 5.91 Å². The molecule has 0 spiro atoms. The van der Waals surface area contributed by atoms with Crippen LogP contribution in [0.25, 0.3) is 0 Å². The van der Waals surface area contributed by atoms with Gasteiger partial charge in [0.05, 0.1) is 12.1 Å². The molecular formula is C15H21FN2O2. The Balaban J connectivity index is 2.65. The first-order valence-corrected chi connectivity index (χ1v) is 6.59. The van der Waals surface area contributed by atoms with Crippen molar-refractivity contribution in [3.63, 3.8) is 0 Å². The summed E-state index contributed by atoms with van der Waals surface area (Å²) in [4.78, 5) is 24.9. The number of hydrogen-bond acceptors (Lipinski definition) is 2. The molecule has 0 saturated carbocycles. The highest BCUT2D eigenvalue weighted by atomic mass is 19.1. The molecule has 1 aromatic rings. The fourth-order valence-electron chi connectivity index (χ4n) is 1.66. The zero-order valence-corrected chi connectivity index (χ0v) is 12.4. The summed E-state index contributed by atoms with van der Waals surface area (Å²) in [5.41, 5.74) is 0.728. The highest BCUT2D eigenvalue weighted by Crippen LogP contribution is 2.11. The molecule has 0 bridgehead atoms. The van der Waals surface area contributed by atoms with Crippen LogP contribution in [0, 0.1) is 18.7 Å². The molecule has 110 valence electrons. The van der Waals surface area contributed by atoms with Crippen LogP contribution in [0.4, 0.5) is 4.39 Å². The largest absolute Gasteiger partial charge is 0.354 e. The lowest BCUT2D eigenvalue weighted by Gasteiger charge is -2.17. The number of amides is 2. The van der Waals surface area contributed by atoms with Crippen LogP contribution < -0.4 is 5.32 Å². The van der Waals surface area contributed by atoms with Gasteiger partial charge in [0.15, 0.2) is 0 Å². The predicted octanol–water partition coefficient (Wildman–Crippen LogP) is 1.98. The first-order valence-electron chi connectivity index (χ1n) is 6.59. The van der Waals surface area contributed by atoms with E-state index in [1.165, 1.54) is 24.1 Å². The van der Waals surface area contributed by atoms with Crippen molar-refractivity contribution in [1.82, 2.24) is 10.2 Å². The van der Waals surface area contributed by atoms with E-state index in [-0.39, 0.29) is 18.0 Å². The van der Waals surface area contributed by atoms with E-state index in [4.69, 9.17) is 0 Å². The van der Waals surface area contributed by atoms with Gasteiger partial charge in [-0.1, -0.05) is 19.9 Å². The second-order valence-corrected chi connectivity index (χ2v) is 5.34. The maximum absolute atomic E-state index is 13.7. The van der Waals surface area contributed by atoms with Crippen molar-refractivity contribution in [2.75, 3.05) is 20.1 Å². The molecule has 0 aliphatic heterocycles. The normalized spacial score (nSPS) is 10.5. The van der Waals surface area contributed by atoms with E-state index < -0.39 is 11.7 Å². The summed E-state index contributed by atoms with van der Waals surface area (Å²) in [6.07, 6.45) is 0. The zero-order valence-electron chi connectivity index (χ0n) is 12.4. The van der Waals surface area contributed by atoms with Crippen LogP contribution >= 0.6 is 0 Å².